The highest BCUT2D eigenvalue weighted by Gasteiger charge is 2.38. The third-order valence-corrected chi connectivity index (χ3v) is 5.12. The molecule has 24 heavy (non-hydrogen) atoms. The van der Waals surface area contributed by atoms with E-state index in [1.54, 1.807) is 0 Å². The number of methoxy groups -OCH3 is 1. The molecule has 6 nitrogen and oxygen atoms in total. The molecule has 2 aliphatic rings. The molecule has 130 valence electrons. The van der Waals surface area contributed by atoms with Crippen molar-refractivity contribution in [2.24, 2.45) is 11.8 Å². The summed E-state index contributed by atoms with van der Waals surface area (Å²) < 4.78 is 4.80. The number of ether oxygens (including phenoxy) is 1. The van der Waals surface area contributed by atoms with Gasteiger partial charge in [0.05, 0.1) is 25.0 Å². The van der Waals surface area contributed by atoms with Gasteiger partial charge in [0.15, 0.2) is 0 Å². The number of rotatable bonds is 3. The summed E-state index contributed by atoms with van der Waals surface area (Å²) in [5.74, 6) is -0.312. The van der Waals surface area contributed by atoms with Crippen LogP contribution in [0.5, 0.6) is 0 Å². The Kier molecular flexibility index (Phi) is 5.38. The summed E-state index contributed by atoms with van der Waals surface area (Å²) in [5.41, 5.74) is 7.31. The van der Waals surface area contributed by atoms with Crippen LogP contribution in [-0.2, 0) is 14.3 Å². The summed E-state index contributed by atoms with van der Waals surface area (Å²) >= 11 is 5.94. The standard InChI is InChI=1S/C17H22ClN3O3/c1-24-17(23)12-6-8-21(9-7-12)16(22)14-10-19-20-15(14)11-2-4-13(18)5-3-11/h2-5,12,14-15,19-20H,6-10H2,1H3. The Balaban J connectivity index is 1.64. The van der Waals surface area contributed by atoms with E-state index < -0.39 is 0 Å². The van der Waals surface area contributed by atoms with E-state index in [1.807, 2.05) is 29.2 Å². The van der Waals surface area contributed by atoms with Crippen molar-refractivity contribution >= 4 is 23.5 Å². The maximum absolute atomic E-state index is 12.9. The molecule has 1 aromatic carbocycles. The van der Waals surface area contributed by atoms with Gasteiger partial charge in [-0.15, -0.1) is 0 Å². The van der Waals surface area contributed by atoms with Crippen LogP contribution < -0.4 is 10.9 Å². The van der Waals surface area contributed by atoms with Gasteiger partial charge in [-0.05, 0) is 30.5 Å². The molecule has 2 saturated heterocycles. The van der Waals surface area contributed by atoms with Crippen LogP contribution in [0.3, 0.4) is 0 Å². The molecule has 2 heterocycles. The molecule has 0 aliphatic carbocycles. The Morgan fingerprint density at radius 3 is 2.50 bits per heavy atom. The largest absolute Gasteiger partial charge is 0.469 e. The minimum absolute atomic E-state index is 0.0758. The number of carbonyl (C=O) groups is 2. The molecule has 2 aliphatic heterocycles. The van der Waals surface area contributed by atoms with Gasteiger partial charge in [-0.1, -0.05) is 23.7 Å². The molecule has 2 atom stereocenters. The molecule has 0 aromatic heterocycles. The van der Waals surface area contributed by atoms with Gasteiger partial charge in [-0.25, -0.2) is 5.43 Å². The molecule has 3 rings (SSSR count). The summed E-state index contributed by atoms with van der Waals surface area (Å²) in [6.07, 6.45) is 1.33. The van der Waals surface area contributed by atoms with Crippen molar-refractivity contribution in [3.63, 3.8) is 0 Å². The minimum atomic E-state index is -0.176. The lowest BCUT2D eigenvalue weighted by Gasteiger charge is -2.33. The molecule has 1 amide bonds. The average Bonchev–Trinajstić information content (AvgIpc) is 3.11. The molecule has 7 heteroatoms. The lowest BCUT2D eigenvalue weighted by molar-refractivity contribution is -0.149. The van der Waals surface area contributed by atoms with Crippen molar-refractivity contribution in [1.82, 2.24) is 15.8 Å². The third kappa shape index (κ3) is 3.55. The van der Waals surface area contributed by atoms with Gasteiger partial charge in [0.2, 0.25) is 5.91 Å². The van der Waals surface area contributed by atoms with Crippen LogP contribution in [0.2, 0.25) is 5.02 Å². The number of halogens is 1. The van der Waals surface area contributed by atoms with Crippen molar-refractivity contribution in [3.05, 3.63) is 34.9 Å². The second kappa shape index (κ2) is 7.51. The van der Waals surface area contributed by atoms with Crippen LogP contribution in [0.4, 0.5) is 0 Å². The smallest absolute Gasteiger partial charge is 0.308 e. The molecule has 1 aromatic rings. The zero-order valence-corrected chi connectivity index (χ0v) is 14.4. The lowest BCUT2D eigenvalue weighted by Crippen LogP contribution is -2.44. The normalized spacial score (nSPS) is 24.8. The van der Waals surface area contributed by atoms with Gasteiger partial charge in [-0.3, -0.25) is 15.0 Å². The molecule has 0 saturated carbocycles. The topological polar surface area (TPSA) is 70.7 Å². The maximum atomic E-state index is 12.9. The highest BCUT2D eigenvalue weighted by atomic mass is 35.5. The van der Waals surface area contributed by atoms with Gasteiger partial charge < -0.3 is 9.64 Å². The number of piperidine rings is 1. The van der Waals surface area contributed by atoms with Gasteiger partial charge in [0.25, 0.3) is 0 Å². The Morgan fingerprint density at radius 2 is 1.88 bits per heavy atom. The summed E-state index contributed by atoms with van der Waals surface area (Å²) in [5, 5.41) is 0.678. The van der Waals surface area contributed by atoms with E-state index in [0.29, 0.717) is 37.5 Å². The molecule has 2 N–H and O–H groups in total. The van der Waals surface area contributed by atoms with E-state index in [0.717, 1.165) is 5.56 Å². The number of nitrogens with one attached hydrogen (secondary N) is 2. The first-order valence-corrected chi connectivity index (χ1v) is 8.58. The van der Waals surface area contributed by atoms with Crippen LogP contribution in [0.25, 0.3) is 0 Å². The molecule has 2 fully saturated rings. The van der Waals surface area contributed by atoms with Crippen molar-refractivity contribution in [2.45, 2.75) is 18.9 Å². The van der Waals surface area contributed by atoms with Crippen molar-refractivity contribution in [1.29, 1.82) is 0 Å². The molecule has 0 bridgehead atoms. The number of hydrogen-bond acceptors (Lipinski definition) is 5. The van der Waals surface area contributed by atoms with Gasteiger partial charge in [0, 0.05) is 24.7 Å². The second-order valence-corrected chi connectivity index (χ2v) is 6.72. The zero-order valence-electron chi connectivity index (χ0n) is 13.6. The van der Waals surface area contributed by atoms with Gasteiger partial charge >= 0.3 is 5.97 Å². The number of amides is 1. The van der Waals surface area contributed by atoms with Crippen LogP contribution in [0.1, 0.15) is 24.4 Å². The number of benzene rings is 1. The van der Waals surface area contributed by atoms with Crippen LogP contribution in [0, 0.1) is 11.8 Å². The number of nitrogens with zero attached hydrogens (tertiary/aromatic N) is 1. The average molecular weight is 352 g/mol. The number of hydrogen-bond donors (Lipinski definition) is 2. The van der Waals surface area contributed by atoms with Crippen LogP contribution >= 0.6 is 11.6 Å². The summed E-state index contributed by atoms with van der Waals surface area (Å²) in [6, 6.07) is 7.47. The summed E-state index contributed by atoms with van der Waals surface area (Å²) in [4.78, 5) is 26.4. The predicted octanol–water partition coefficient (Wildman–Crippen LogP) is 1.52. The third-order valence-electron chi connectivity index (χ3n) is 4.87. The quantitative estimate of drug-likeness (QED) is 0.808. The monoisotopic (exact) mass is 351 g/mol. The zero-order chi connectivity index (χ0) is 17.1. The first-order valence-electron chi connectivity index (χ1n) is 8.20. The van der Waals surface area contributed by atoms with Crippen LogP contribution in [-0.4, -0.2) is 43.5 Å². The van der Waals surface area contributed by atoms with Crippen molar-refractivity contribution in [3.8, 4) is 0 Å². The lowest BCUT2D eigenvalue weighted by atomic mass is 9.91. The highest BCUT2D eigenvalue weighted by Crippen LogP contribution is 2.29. The number of esters is 1. The Bertz CT molecular complexity index is 600. The van der Waals surface area contributed by atoms with Crippen LogP contribution in [0.15, 0.2) is 24.3 Å². The summed E-state index contributed by atoms with van der Waals surface area (Å²) in [7, 11) is 1.41. The first-order chi connectivity index (χ1) is 11.6. The molecule has 0 spiro atoms. The van der Waals surface area contributed by atoms with Crippen molar-refractivity contribution < 1.29 is 14.3 Å². The molecule has 0 radical (unpaired) electrons. The van der Waals surface area contributed by atoms with E-state index in [1.165, 1.54) is 7.11 Å². The summed E-state index contributed by atoms with van der Waals surface area (Å²) in [6.45, 7) is 1.79. The second-order valence-electron chi connectivity index (χ2n) is 6.28. The molecular weight excluding hydrogens is 330 g/mol. The number of likely N-dealkylation sites (tertiary alicyclic amines) is 1. The predicted molar refractivity (Wildman–Crippen MR) is 90.1 cm³/mol. The SMILES string of the molecule is COC(=O)C1CCN(C(=O)C2CNNC2c2ccc(Cl)cc2)CC1. The fourth-order valence-corrected chi connectivity index (χ4v) is 3.58. The van der Waals surface area contributed by atoms with Gasteiger partial charge in [0.1, 0.15) is 0 Å². The maximum Gasteiger partial charge on any atom is 0.308 e. The Labute approximate surface area is 146 Å². The minimum Gasteiger partial charge on any atom is -0.469 e. The van der Waals surface area contributed by atoms with E-state index in [4.69, 9.17) is 16.3 Å². The number of carbonyl (C=O) groups excluding carboxylic acids is 2. The van der Waals surface area contributed by atoms with E-state index in [9.17, 15) is 9.59 Å². The molecular formula is C17H22ClN3O3. The van der Waals surface area contributed by atoms with Gasteiger partial charge in [-0.2, -0.15) is 0 Å². The fourth-order valence-electron chi connectivity index (χ4n) is 3.45. The van der Waals surface area contributed by atoms with E-state index >= 15 is 0 Å². The van der Waals surface area contributed by atoms with E-state index in [2.05, 4.69) is 10.9 Å². The fraction of sp³-hybridized carbons (Fsp3) is 0.529. The first kappa shape index (κ1) is 17.2. The van der Waals surface area contributed by atoms with Crippen molar-refractivity contribution in [2.75, 3.05) is 26.7 Å². The number of hydrazine groups is 1. The highest BCUT2D eigenvalue weighted by molar-refractivity contribution is 6.30. The Morgan fingerprint density at radius 1 is 1.21 bits per heavy atom. The van der Waals surface area contributed by atoms with E-state index in [-0.39, 0.29) is 29.8 Å². The molecule has 2 unspecified atom stereocenters. The Hall–Kier alpha value is -1.63.